The third-order valence-corrected chi connectivity index (χ3v) is 5.09. The lowest BCUT2D eigenvalue weighted by Gasteiger charge is -2.33. The largest absolute Gasteiger partial charge is 0.497 e. The molecule has 1 amide bonds. The molecular weight excluding hydrogens is 340 g/mol. The number of esters is 1. The molecule has 0 unspecified atom stereocenters. The Kier molecular flexibility index (Phi) is 6.14. The van der Waals surface area contributed by atoms with Gasteiger partial charge in [0.05, 0.1) is 26.3 Å². The first kappa shape index (κ1) is 18.9. The summed E-state index contributed by atoms with van der Waals surface area (Å²) in [5.41, 5.74) is 1.25. The van der Waals surface area contributed by atoms with Crippen molar-refractivity contribution in [3.63, 3.8) is 0 Å². The molecule has 1 aromatic carbocycles. The zero-order valence-corrected chi connectivity index (χ0v) is 15.8. The van der Waals surface area contributed by atoms with E-state index in [4.69, 9.17) is 4.74 Å². The summed E-state index contributed by atoms with van der Waals surface area (Å²) in [5, 5.41) is 2.34. The predicted octanol–water partition coefficient (Wildman–Crippen LogP) is 3.61. The lowest BCUT2D eigenvalue weighted by molar-refractivity contribution is -0.133. The van der Waals surface area contributed by atoms with E-state index in [-0.39, 0.29) is 23.7 Å². The van der Waals surface area contributed by atoms with Gasteiger partial charge in [0.25, 0.3) is 0 Å². The minimum absolute atomic E-state index is 0.0642. The average Bonchev–Trinajstić information content (AvgIpc) is 3.11. The fraction of sp³-hybridized carbons (Fsp3) is 0.389. The van der Waals surface area contributed by atoms with Gasteiger partial charge in [0, 0.05) is 12.3 Å². The van der Waals surface area contributed by atoms with Crippen molar-refractivity contribution in [3.8, 4) is 5.75 Å². The summed E-state index contributed by atoms with van der Waals surface area (Å²) < 4.78 is 9.87. The fourth-order valence-electron chi connectivity index (χ4n) is 2.72. The summed E-state index contributed by atoms with van der Waals surface area (Å²) in [7, 11) is 2.93. The van der Waals surface area contributed by atoms with Gasteiger partial charge >= 0.3 is 5.97 Å². The molecule has 2 rings (SSSR count). The molecule has 0 aliphatic carbocycles. The highest BCUT2D eigenvalue weighted by atomic mass is 32.1. The smallest absolute Gasteiger partial charge is 0.357 e. The molecule has 2 atom stereocenters. The van der Waals surface area contributed by atoms with Crippen molar-refractivity contribution in [3.05, 3.63) is 45.9 Å². The third kappa shape index (κ3) is 4.17. The maximum Gasteiger partial charge on any atom is 0.357 e. The maximum absolute atomic E-state index is 12.3. The second-order valence-electron chi connectivity index (χ2n) is 5.61. The summed E-state index contributed by atoms with van der Waals surface area (Å²) in [6.07, 6.45) is 0. The Bertz CT molecular complexity index is 742. The number of amides is 1. The maximum atomic E-state index is 12.3. The molecule has 25 heavy (non-hydrogen) atoms. The van der Waals surface area contributed by atoms with Crippen LogP contribution >= 0.6 is 11.3 Å². The molecule has 0 saturated carbocycles. The van der Waals surface area contributed by atoms with Gasteiger partial charge in [-0.2, -0.15) is 0 Å². The second kappa shape index (κ2) is 8.11. The summed E-state index contributed by atoms with van der Waals surface area (Å²) in [5.74, 6) is 0.221. The van der Waals surface area contributed by atoms with E-state index >= 15 is 0 Å². The highest BCUT2D eigenvalue weighted by Gasteiger charge is 2.27. The van der Waals surface area contributed by atoms with Gasteiger partial charge in [0.15, 0.2) is 5.69 Å². The SMILES string of the molecule is COC(=O)c1csc([C@@H](C)N(C(C)=O)[C@H](C)c2ccc(OC)cc2)n1. The Morgan fingerprint density at radius 3 is 2.28 bits per heavy atom. The Hall–Kier alpha value is -2.41. The van der Waals surface area contributed by atoms with Crippen molar-refractivity contribution in [1.82, 2.24) is 9.88 Å². The molecular formula is C18H22N2O4S. The summed E-state index contributed by atoms with van der Waals surface area (Å²) in [6.45, 7) is 5.40. The van der Waals surface area contributed by atoms with Crippen LogP contribution in [-0.2, 0) is 9.53 Å². The van der Waals surface area contributed by atoms with E-state index in [0.717, 1.165) is 11.3 Å². The van der Waals surface area contributed by atoms with Gasteiger partial charge in [-0.05, 0) is 31.5 Å². The zero-order valence-electron chi connectivity index (χ0n) is 15.0. The Morgan fingerprint density at radius 2 is 1.76 bits per heavy atom. The van der Waals surface area contributed by atoms with Crippen molar-refractivity contribution < 1.29 is 19.1 Å². The van der Waals surface area contributed by atoms with Gasteiger partial charge in [0.2, 0.25) is 5.91 Å². The molecule has 1 heterocycles. The number of ether oxygens (including phenoxy) is 2. The molecule has 0 N–H and O–H groups in total. The van der Waals surface area contributed by atoms with Crippen LogP contribution in [0.5, 0.6) is 5.75 Å². The summed E-state index contributed by atoms with van der Waals surface area (Å²) in [4.78, 5) is 29.9. The Balaban J connectivity index is 2.27. The third-order valence-electron chi connectivity index (χ3n) is 4.07. The van der Waals surface area contributed by atoms with E-state index in [1.807, 2.05) is 38.1 Å². The minimum atomic E-state index is -0.479. The van der Waals surface area contributed by atoms with Crippen molar-refractivity contribution in [2.75, 3.05) is 14.2 Å². The highest BCUT2D eigenvalue weighted by Crippen LogP contribution is 2.32. The van der Waals surface area contributed by atoms with E-state index < -0.39 is 5.97 Å². The number of benzene rings is 1. The molecule has 2 aromatic rings. The van der Waals surface area contributed by atoms with Crippen molar-refractivity contribution in [2.24, 2.45) is 0 Å². The first-order chi connectivity index (χ1) is 11.9. The van der Waals surface area contributed by atoms with Gasteiger partial charge in [-0.25, -0.2) is 9.78 Å². The number of nitrogens with zero attached hydrogens (tertiary/aromatic N) is 2. The lowest BCUT2D eigenvalue weighted by Crippen LogP contribution is -2.34. The number of aromatic nitrogens is 1. The van der Waals surface area contributed by atoms with Crippen LogP contribution in [0.15, 0.2) is 29.6 Å². The van der Waals surface area contributed by atoms with E-state index in [0.29, 0.717) is 5.01 Å². The van der Waals surface area contributed by atoms with Gasteiger partial charge in [-0.3, -0.25) is 4.79 Å². The number of hydrogen-bond acceptors (Lipinski definition) is 6. The second-order valence-corrected chi connectivity index (χ2v) is 6.50. The quantitative estimate of drug-likeness (QED) is 0.734. The molecule has 0 spiro atoms. The monoisotopic (exact) mass is 362 g/mol. The molecule has 6 nitrogen and oxygen atoms in total. The van der Waals surface area contributed by atoms with E-state index in [9.17, 15) is 9.59 Å². The van der Waals surface area contributed by atoms with Crippen LogP contribution in [0.2, 0.25) is 0 Å². The number of hydrogen-bond donors (Lipinski definition) is 0. The molecule has 0 radical (unpaired) electrons. The molecule has 0 bridgehead atoms. The predicted molar refractivity (Wildman–Crippen MR) is 95.8 cm³/mol. The lowest BCUT2D eigenvalue weighted by atomic mass is 10.0. The molecule has 1 aromatic heterocycles. The minimum Gasteiger partial charge on any atom is -0.497 e. The van der Waals surface area contributed by atoms with Crippen LogP contribution < -0.4 is 4.74 Å². The Labute approximate surface area is 151 Å². The first-order valence-electron chi connectivity index (χ1n) is 7.85. The van der Waals surface area contributed by atoms with Crippen molar-refractivity contribution in [2.45, 2.75) is 32.9 Å². The summed E-state index contributed by atoms with van der Waals surface area (Å²) in [6, 6.07) is 7.20. The van der Waals surface area contributed by atoms with Gasteiger partial charge < -0.3 is 14.4 Å². The fourth-order valence-corrected chi connectivity index (χ4v) is 3.56. The normalized spacial score (nSPS) is 13.0. The van der Waals surface area contributed by atoms with Crippen LogP contribution in [0.4, 0.5) is 0 Å². The van der Waals surface area contributed by atoms with E-state index in [2.05, 4.69) is 9.72 Å². The van der Waals surface area contributed by atoms with Gasteiger partial charge in [0.1, 0.15) is 10.8 Å². The average molecular weight is 362 g/mol. The highest BCUT2D eigenvalue weighted by molar-refractivity contribution is 7.09. The Morgan fingerprint density at radius 1 is 1.12 bits per heavy atom. The van der Waals surface area contributed by atoms with Crippen LogP contribution in [-0.4, -0.2) is 36.0 Å². The number of carbonyl (C=O) groups is 2. The first-order valence-corrected chi connectivity index (χ1v) is 8.73. The topological polar surface area (TPSA) is 68.7 Å². The van der Waals surface area contributed by atoms with E-state index in [1.165, 1.54) is 25.4 Å². The van der Waals surface area contributed by atoms with Gasteiger partial charge in [-0.15, -0.1) is 11.3 Å². The zero-order chi connectivity index (χ0) is 18.6. The number of carbonyl (C=O) groups excluding carboxylic acids is 2. The van der Waals surface area contributed by atoms with E-state index in [1.54, 1.807) is 17.4 Å². The standard InChI is InChI=1S/C18H22N2O4S/c1-11(14-6-8-15(23-4)9-7-14)20(13(3)21)12(2)17-19-16(10-25-17)18(22)24-5/h6-12H,1-5H3/t11-,12-/m1/s1. The van der Waals surface area contributed by atoms with Crippen LogP contribution in [0.1, 0.15) is 53.9 Å². The molecule has 134 valence electrons. The van der Waals surface area contributed by atoms with Crippen LogP contribution in [0, 0.1) is 0 Å². The van der Waals surface area contributed by atoms with Crippen LogP contribution in [0.25, 0.3) is 0 Å². The number of rotatable bonds is 6. The molecule has 0 fully saturated rings. The molecule has 0 aliphatic heterocycles. The molecule has 0 aliphatic rings. The molecule has 0 saturated heterocycles. The summed E-state index contributed by atoms with van der Waals surface area (Å²) >= 11 is 1.34. The van der Waals surface area contributed by atoms with Crippen molar-refractivity contribution >= 4 is 23.2 Å². The number of thiazole rings is 1. The molecule has 7 heteroatoms. The van der Waals surface area contributed by atoms with Crippen LogP contribution in [0.3, 0.4) is 0 Å². The van der Waals surface area contributed by atoms with Crippen molar-refractivity contribution in [1.29, 1.82) is 0 Å². The van der Waals surface area contributed by atoms with Gasteiger partial charge in [-0.1, -0.05) is 12.1 Å². The number of methoxy groups -OCH3 is 2.